The van der Waals surface area contributed by atoms with Crippen LogP contribution in [-0.2, 0) is 4.79 Å². The van der Waals surface area contributed by atoms with Crippen LogP contribution in [0.3, 0.4) is 0 Å². The predicted molar refractivity (Wildman–Crippen MR) is 85.6 cm³/mol. The highest BCUT2D eigenvalue weighted by molar-refractivity contribution is 5.79. The van der Waals surface area contributed by atoms with Crippen LogP contribution >= 0.6 is 0 Å². The molecule has 0 unspecified atom stereocenters. The van der Waals surface area contributed by atoms with E-state index < -0.39 is 5.54 Å². The number of carbonyl (C=O) groups excluding carboxylic acids is 1. The molecule has 1 N–H and O–H groups in total. The zero-order valence-electron chi connectivity index (χ0n) is 13.4. The Morgan fingerprint density at radius 1 is 1.35 bits per heavy atom. The van der Waals surface area contributed by atoms with Gasteiger partial charge in [-0.1, -0.05) is 0 Å². The molecule has 1 aliphatic carbocycles. The third kappa shape index (κ3) is 3.77. The second-order valence-electron chi connectivity index (χ2n) is 6.45. The smallest absolute Gasteiger partial charge is 0.235 e. The van der Waals surface area contributed by atoms with Crippen LogP contribution in [0.5, 0.6) is 0 Å². The summed E-state index contributed by atoms with van der Waals surface area (Å²) in [6.07, 6.45) is 5.53. The van der Waals surface area contributed by atoms with E-state index >= 15 is 0 Å². The molecule has 1 aliphatic heterocycles. The summed E-state index contributed by atoms with van der Waals surface area (Å²) in [4.78, 5) is 25.0. The first-order valence-electron chi connectivity index (χ1n) is 8.07. The Morgan fingerprint density at radius 2 is 2.00 bits per heavy atom. The monoisotopic (exact) mass is 314 g/mol. The van der Waals surface area contributed by atoms with E-state index in [2.05, 4.69) is 31.2 Å². The maximum Gasteiger partial charge on any atom is 0.235 e. The largest absolute Gasteiger partial charge is 0.338 e. The van der Waals surface area contributed by atoms with Crippen molar-refractivity contribution in [1.82, 2.24) is 20.2 Å². The first kappa shape index (κ1) is 15.7. The zero-order valence-corrected chi connectivity index (χ0v) is 13.4. The number of nitrogens with zero attached hydrogens (tertiary/aromatic N) is 5. The van der Waals surface area contributed by atoms with Gasteiger partial charge < -0.3 is 10.2 Å². The molecule has 1 atom stereocenters. The summed E-state index contributed by atoms with van der Waals surface area (Å²) in [5, 5.41) is 12.2. The minimum atomic E-state index is -0.712. The summed E-state index contributed by atoms with van der Waals surface area (Å²) in [5.41, 5.74) is -0.712. The maximum absolute atomic E-state index is 12.2. The van der Waals surface area contributed by atoms with Crippen molar-refractivity contribution >= 4 is 11.9 Å². The third-order valence-corrected chi connectivity index (χ3v) is 4.60. The molecular weight excluding hydrogens is 292 g/mol. The van der Waals surface area contributed by atoms with Crippen molar-refractivity contribution in [3.8, 4) is 6.07 Å². The molecule has 0 bridgehead atoms. The van der Waals surface area contributed by atoms with Gasteiger partial charge in [0.15, 0.2) is 0 Å². The SMILES string of the molecule is C[C@@](C#N)(NC(=O)CN1CCN(c2ncccn2)CC1)C1CC1. The van der Waals surface area contributed by atoms with Gasteiger partial charge in [0.25, 0.3) is 0 Å². The van der Waals surface area contributed by atoms with E-state index in [0.29, 0.717) is 12.5 Å². The van der Waals surface area contributed by atoms with Crippen molar-refractivity contribution in [3.63, 3.8) is 0 Å². The molecule has 0 aromatic carbocycles. The molecule has 2 heterocycles. The highest BCUT2D eigenvalue weighted by Gasteiger charge is 2.43. The van der Waals surface area contributed by atoms with Crippen LogP contribution in [0.15, 0.2) is 18.5 Å². The Morgan fingerprint density at radius 3 is 2.57 bits per heavy atom. The first-order valence-corrected chi connectivity index (χ1v) is 8.07. The van der Waals surface area contributed by atoms with Crippen LogP contribution in [0.4, 0.5) is 5.95 Å². The average molecular weight is 314 g/mol. The van der Waals surface area contributed by atoms with Gasteiger partial charge in [0.2, 0.25) is 11.9 Å². The first-order chi connectivity index (χ1) is 11.1. The van der Waals surface area contributed by atoms with Gasteiger partial charge in [-0.25, -0.2) is 9.97 Å². The second-order valence-corrected chi connectivity index (χ2v) is 6.45. The zero-order chi connectivity index (χ0) is 16.3. The summed E-state index contributed by atoms with van der Waals surface area (Å²) >= 11 is 0. The Labute approximate surface area is 136 Å². The molecule has 7 nitrogen and oxygen atoms in total. The standard InChI is InChI=1S/C16H22N6O/c1-16(12-17,13-3-4-13)20-14(23)11-21-7-9-22(10-8-21)15-18-5-2-6-19-15/h2,5-6,13H,3-4,7-11H2,1H3,(H,20,23)/t16-/m0/s1. The van der Waals surface area contributed by atoms with E-state index in [-0.39, 0.29) is 5.91 Å². The number of carbonyl (C=O) groups is 1. The summed E-state index contributed by atoms with van der Waals surface area (Å²) in [6, 6.07) is 4.06. The predicted octanol–water partition coefficient (Wildman–Crippen LogP) is 0.407. The number of amides is 1. The average Bonchev–Trinajstić information content (AvgIpc) is 3.41. The number of nitrogens with one attached hydrogen (secondary N) is 1. The van der Waals surface area contributed by atoms with Crippen molar-refractivity contribution in [3.05, 3.63) is 18.5 Å². The summed E-state index contributed by atoms with van der Waals surface area (Å²) in [7, 11) is 0. The lowest BCUT2D eigenvalue weighted by molar-refractivity contribution is -0.123. The van der Waals surface area contributed by atoms with Crippen molar-refractivity contribution < 1.29 is 4.79 Å². The van der Waals surface area contributed by atoms with E-state index in [1.54, 1.807) is 18.5 Å². The number of nitriles is 1. The van der Waals surface area contributed by atoms with Crippen LogP contribution in [0.25, 0.3) is 0 Å². The fourth-order valence-electron chi connectivity index (χ4n) is 2.97. The van der Waals surface area contributed by atoms with Gasteiger partial charge in [0.1, 0.15) is 5.54 Å². The second kappa shape index (κ2) is 6.50. The molecule has 0 spiro atoms. The highest BCUT2D eigenvalue weighted by Crippen LogP contribution is 2.39. The molecule has 1 amide bonds. The molecule has 23 heavy (non-hydrogen) atoms. The van der Waals surface area contributed by atoms with Gasteiger partial charge >= 0.3 is 0 Å². The van der Waals surface area contributed by atoms with Gasteiger partial charge in [-0.15, -0.1) is 0 Å². The highest BCUT2D eigenvalue weighted by atomic mass is 16.2. The third-order valence-electron chi connectivity index (χ3n) is 4.60. The Bertz CT molecular complexity index is 588. The Kier molecular flexibility index (Phi) is 4.44. The molecule has 3 rings (SSSR count). The van der Waals surface area contributed by atoms with Crippen LogP contribution < -0.4 is 10.2 Å². The number of hydrogen-bond donors (Lipinski definition) is 1. The fraction of sp³-hybridized carbons (Fsp3) is 0.625. The molecule has 1 aromatic heterocycles. The van der Waals surface area contributed by atoms with Crippen molar-refractivity contribution in [2.75, 3.05) is 37.6 Å². The number of anilines is 1. The normalized spacial score (nSPS) is 21.3. The van der Waals surface area contributed by atoms with Crippen LogP contribution in [0, 0.1) is 17.2 Å². The quantitative estimate of drug-likeness (QED) is 0.847. The molecule has 2 aliphatic rings. The molecule has 122 valence electrons. The number of rotatable bonds is 5. The van der Waals surface area contributed by atoms with E-state index in [0.717, 1.165) is 45.0 Å². The lowest BCUT2D eigenvalue weighted by Gasteiger charge is -2.34. The number of piperazine rings is 1. The van der Waals surface area contributed by atoms with E-state index in [9.17, 15) is 10.1 Å². The van der Waals surface area contributed by atoms with Crippen LogP contribution in [0.1, 0.15) is 19.8 Å². The Hall–Kier alpha value is -2.20. The van der Waals surface area contributed by atoms with E-state index in [4.69, 9.17) is 0 Å². The lowest BCUT2D eigenvalue weighted by Crippen LogP contribution is -2.53. The van der Waals surface area contributed by atoms with E-state index in [1.807, 2.05) is 6.92 Å². The molecule has 1 saturated heterocycles. The summed E-state index contributed by atoms with van der Waals surface area (Å²) in [5.74, 6) is 0.983. The molecule has 2 fully saturated rings. The molecule has 1 aromatic rings. The minimum Gasteiger partial charge on any atom is -0.338 e. The van der Waals surface area contributed by atoms with Gasteiger partial charge in [-0.05, 0) is 31.7 Å². The van der Waals surface area contributed by atoms with Crippen molar-refractivity contribution in [2.45, 2.75) is 25.3 Å². The van der Waals surface area contributed by atoms with Crippen molar-refractivity contribution in [1.29, 1.82) is 5.26 Å². The molecule has 7 heteroatoms. The van der Waals surface area contributed by atoms with Gasteiger partial charge in [-0.2, -0.15) is 5.26 Å². The van der Waals surface area contributed by atoms with Gasteiger partial charge in [0, 0.05) is 38.6 Å². The number of hydrogen-bond acceptors (Lipinski definition) is 6. The van der Waals surface area contributed by atoms with Gasteiger partial charge in [0.05, 0.1) is 12.6 Å². The maximum atomic E-state index is 12.2. The molecule has 0 radical (unpaired) electrons. The Balaban J connectivity index is 1.47. The molecule has 1 saturated carbocycles. The summed E-state index contributed by atoms with van der Waals surface area (Å²) < 4.78 is 0. The van der Waals surface area contributed by atoms with Crippen LogP contribution in [-0.4, -0.2) is 59.0 Å². The molecular formula is C16H22N6O. The van der Waals surface area contributed by atoms with Gasteiger partial charge in [-0.3, -0.25) is 9.69 Å². The van der Waals surface area contributed by atoms with E-state index in [1.165, 1.54) is 0 Å². The minimum absolute atomic E-state index is 0.0645. The number of aromatic nitrogens is 2. The fourth-order valence-corrected chi connectivity index (χ4v) is 2.97. The van der Waals surface area contributed by atoms with Crippen LogP contribution in [0.2, 0.25) is 0 Å². The summed E-state index contributed by atoms with van der Waals surface area (Å²) in [6.45, 7) is 5.35. The lowest BCUT2D eigenvalue weighted by atomic mass is 9.98. The topological polar surface area (TPSA) is 85.2 Å². The van der Waals surface area contributed by atoms with Crippen molar-refractivity contribution in [2.24, 2.45) is 5.92 Å².